The summed E-state index contributed by atoms with van der Waals surface area (Å²) >= 11 is 0. The van der Waals surface area contributed by atoms with Crippen LogP contribution in [0.3, 0.4) is 0 Å². The van der Waals surface area contributed by atoms with E-state index in [0.29, 0.717) is 30.0 Å². The molecule has 0 aromatic heterocycles. The highest BCUT2D eigenvalue weighted by Crippen LogP contribution is 2.61. The van der Waals surface area contributed by atoms with Gasteiger partial charge in [0, 0.05) is 70.9 Å². The van der Waals surface area contributed by atoms with Gasteiger partial charge in [0.15, 0.2) is 0 Å². The third kappa shape index (κ3) is 7.36. The Morgan fingerprint density at radius 3 is 2.42 bits per heavy atom. The van der Waals surface area contributed by atoms with E-state index < -0.39 is 30.1 Å². The highest BCUT2D eigenvalue weighted by atomic mass is 16.7. The molecule has 2 aromatic rings. The van der Waals surface area contributed by atoms with E-state index in [2.05, 4.69) is 44.3 Å². The van der Waals surface area contributed by atoms with E-state index in [9.17, 15) is 14.4 Å². The summed E-state index contributed by atoms with van der Waals surface area (Å²) in [6.45, 7) is 12.5. The maximum absolute atomic E-state index is 14.4. The molecule has 1 saturated heterocycles. The van der Waals surface area contributed by atoms with E-state index in [1.165, 1.54) is 13.3 Å². The molecule has 11 nitrogen and oxygen atoms in total. The van der Waals surface area contributed by atoms with E-state index in [0.717, 1.165) is 34.4 Å². The molecule has 4 aliphatic rings. The van der Waals surface area contributed by atoms with Crippen molar-refractivity contribution in [2.24, 2.45) is 34.8 Å². The lowest BCUT2D eigenvalue weighted by Gasteiger charge is -2.62. The van der Waals surface area contributed by atoms with Crippen LogP contribution in [0.2, 0.25) is 0 Å². The van der Waals surface area contributed by atoms with Crippen molar-refractivity contribution in [1.82, 2.24) is 15.3 Å². The molecular weight excluding hydrogens is 634 g/mol. The lowest BCUT2D eigenvalue weighted by Crippen LogP contribution is -2.62. The number of amides is 2. The SMILES string of the molecule is COc1c(CN2O[C@@H](CN)[C@@H]([C@H](C)OC(C)=O)[C@H]2C(=O)NC2C[C@H]3C[C@@H]([C@@H]2C)C3(C)C)cccc1-c1cc(CN(C)C(C)=O)cc(N(C)C)c1. The summed E-state index contributed by atoms with van der Waals surface area (Å²) in [5.41, 5.74) is 11.2. The van der Waals surface area contributed by atoms with E-state index in [-0.39, 0.29) is 36.4 Å². The number of rotatable bonds is 12. The molecule has 11 heteroatoms. The number of methoxy groups -OCH3 is 1. The third-order valence-electron chi connectivity index (χ3n) is 11.8. The molecule has 6 rings (SSSR count). The molecule has 2 amide bonds. The van der Waals surface area contributed by atoms with Crippen LogP contribution < -0.4 is 20.7 Å². The number of esters is 1. The summed E-state index contributed by atoms with van der Waals surface area (Å²) in [6.07, 6.45) is 1.01. The maximum Gasteiger partial charge on any atom is 0.302 e. The highest BCUT2D eigenvalue weighted by molar-refractivity contribution is 5.83. The lowest BCUT2D eigenvalue weighted by molar-refractivity contribution is -0.175. The molecule has 8 atom stereocenters. The summed E-state index contributed by atoms with van der Waals surface area (Å²) in [4.78, 5) is 48.8. The standard InChI is InChI=1S/C39H57N5O6/c1-22-32-17-29(39(32,5)6)18-33(22)41-38(47)36-35(23(2)49-25(4)46)34(19-40)50-44(36)21-27-12-11-13-31(37(27)48-10)28-14-26(20-43(9)24(3)45)15-30(16-28)42(7)8/h11-16,22-23,29,32-36H,17-21,40H2,1-10H3,(H,41,47)/t22-,23-,29+,32-,33?,34-,35+,36-/m0/s1. The minimum absolute atomic E-state index is 0.0127. The molecule has 1 aliphatic heterocycles. The van der Waals surface area contributed by atoms with Crippen molar-refractivity contribution < 1.29 is 28.7 Å². The van der Waals surface area contributed by atoms with Crippen LogP contribution in [-0.2, 0) is 37.0 Å². The summed E-state index contributed by atoms with van der Waals surface area (Å²) in [6, 6.07) is 11.5. The fourth-order valence-corrected chi connectivity index (χ4v) is 8.76. The van der Waals surface area contributed by atoms with Crippen LogP contribution in [0.15, 0.2) is 36.4 Å². The number of para-hydroxylation sites is 1. The first-order valence-electron chi connectivity index (χ1n) is 17.9. The number of anilines is 1. The quantitative estimate of drug-likeness (QED) is 0.307. The molecule has 3 saturated carbocycles. The normalized spacial score (nSPS) is 27.5. The predicted molar refractivity (Wildman–Crippen MR) is 194 cm³/mol. The number of nitrogens with one attached hydrogen (secondary N) is 1. The summed E-state index contributed by atoms with van der Waals surface area (Å²) in [7, 11) is 7.40. The van der Waals surface area contributed by atoms with E-state index in [4.69, 9.17) is 20.0 Å². The smallest absolute Gasteiger partial charge is 0.302 e. The van der Waals surface area contributed by atoms with Gasteiger partial charge in [0.25, 0.3) is 0 Å². The number of hydrogen-bond donors (Lipinski definition) is 2. The summed E-state index contributed by atoms with van der Waals surface area (Å²) in [5.74, 6) is 1.09. The zero-order valence-electron chi connectivity index (χ0n) is 31.5. The molecule has 0 spiro atoms. The Balaban J connectivity index is 1.49. The average molecular weight is 692 g/mol. The molecular formula is C39H57N5O6. The molecule has 1 heterocycles. The van der Waals surface area contributed by atoms with Crippen LogP contribution in [0.1, 0.15) is 65.5 Å². The fourth-order valence-electron chi connectivity index (χ4n) is 8.76. The number of carbonyl (C=O) groups is 3. The largest absolute Gasteiger partial charge is 0.496 e. The number of nitrogens with zero attached hydrogens (tertiary/aromatic N) is 3. The predicted octanol–water partition coefficient (Wildman–Crippen LogP) is 4.60. The Morgan fingerprint density at radius 1 is 1.12 bits per heavy atom. The highest BCUT2D eigenvalue weighted by Gasteiger charge is 2.57. The molecule has 2 aromatic carbocycles. The molecule has 3 N–H and O–H groups in total. The number of fused-ring (bicyclic) bond motifs is 2. The zero-order chi connectivity index (χ0) is 36.7. The van der Waals surface area contributed by atoms with Crippen LogP contribution in [0.4, 0.5) is 5.69 Å². The molecule has 3 aliphatic carbocycles. The van der Waals surface area contributed by atoms with Crippen molar-refractivity contribution in [2.45, 2.75) is 91.8 Å². The van der Waals surface area contributed by atoms with Gasteiger partial charge >= 0.3 is 5.97 Å². The topological polar surface area (TPSA) is 127 Å². The van der Waals surface area contributed by atoms with Gasteiger partial charge in [-0.25, -0.2) is 0 Å². The Bertz CT molecular complexity index is 1580. The number of benzene rings is 2. The van der Waals surface area contributed by atoms with Gasteiger partial charge in [-0.05, 0) is 72.3 Å². The van der Waals surface area contributed by atoms with Gasteiger partial charge in [0.2, 0.25) is 11.8 Å². The van der Waals surface area contributed by atoms with Crippen LogP contribution in [0.25, 0.3) is 11.1 Å². The Labute approximate surface area is 297 Å². The van der Waals surface area contributed by atoms with Crippen LogP contribution in [0.5, 0.6) is 5.75 Å². The number of nitrogens with two attached hydrogens (primary N) is 1. The zero-order valence-corrected chi connectivity index (χ0v) is 31.5. The first kappa shape index (κ1) is 37.6. The lowest BCUT2D eigenvalue weighted by atomic mass is 9.45. The maximum atomic E-state index is 14.4. The van der Waals surface area contributed by atoms with Gasteiger partial charge in [0.05, 0.1) is 25.7 Å². The Hall–Kier alpha value is -3.67. The van der Waals surface area contributed by atoms with Crippen LogP contribution >= 0.6 is 0 Å². The van der Waals surface area contributed by atoms with Gasteiger partial charge in [-0.15, -0.1) is 0 Å². The second kappa shape index (κ2) is 14.9. The van der Waals surface area contributed by atoms with Crippen LogP contribution in [-0.4, -0.2) is 86.8 Å². The van der Waals surface area contributed by atoms with E-state index >= 15 is 0 Å². The van der Waals surface area contributed by atoms with Gasteiger partial charge in [0.1, 0.15) is 17.9 Å². The van der Waals surface area contributed by atoms with Crippen molar-refractivity contribution in [3.05, 3.63) is 47.5 Å². The number of carbonyl (C=O) groups excluding carboxylic acids is 3. The van der Waals surface area contributed by atoms with Crippen molar-refractivity contribution in [3.63, 3.8) is 0 Å². The first-order valence-corrected chi connectivity index (χ1v) is 17.9. The van der Waals surface area contributed by atoms with Gasteiger partial charge < -0.3 is 30.3 Å². The van der Waals surface area contributed by atoms with E-state index in [1.54, 1.807) is 31.0 Å². The fraction of sp³-hybridized carbons (Fsp3) is 0.615. The van der Waals surface area contributed by atoms with Crippen molar-refractivity contribution in [3.8, 4) is 16.9 Å². The summed E-state index contributed by atoms with van der Waals surface area (Å²) < 4.78 is 11.8. The Kier molecular flexibility index (Phi) is 11.2. The molecule has 0 radical (unpaired) electrons. The Morgan fingerprint density at radius 2 is 1.84 bits per heavy atom. The molecule has 50 heavy (non-hydrogen) atoms. The monoisotopic (exact) mass is 691 g/mol. The molecule has 274 valence electrons. The van der Waals surface area contributed by atoms with Crippen LogP contribution in [0, 0.1) is 29.1 Å². The number of hydroxylamine groups is 2. The first-order chi connectivity index (χ1) is 23.6. The van der Waals surface area contributed by atoms with Crippen molar-refractivity contribution in [1.29, 1.82) is 0 Å². The minimum Gasteiger partial charge on any atom is -0.496 e. The molecule has 4 fully saturated rings. The summed E-state index contributed by atoms with van der Waals surface area (Å²) in [5, 5.41) is 5.12. The second-order valence-electron chi connectivity index (χ2n) is 15.5. The second-order valence-corrected chi connectivity index (χ2v) is 15.5. The third-order valence-corrected chi connectivity index (χ3v) is 11.8. The molecule has 2 bridgehead atoms. The number of hydrogen-bond acceptors (Lipinski definition) is 9. The number of ether oxygens (including phenoxy) is 2. The van der Waals surface area contributed by atoms with Gasteiger partial charge in [-0.1, -0.05) is 39.0 Å². The van der Waals surface area contributed by atoms with E-state index in [1.807, 2.05) is 44.1 Å². The van der Waals surface area contributed by atoms with Crippen molar-refractivity contribution in [2.75, 3.05) is 39.7 Å². The van der Waals surface area contributed by atoms with Gasteiger partial charge in [-0.2, -0.15) is 5.06 Å². The van der Waals surface area contributed by atoms with Crippen molar-refractivity contribution >= 4 is 23.5 Å². The minimum atomic E-state index is -0.754. The van der Waals surface area contributed by atoms with Gasteiger partial charge in [-0.3, -0.25) is 19.2 Å². The molecule has 1 unspecified atom stereocenters. The average Bonchev–Trinajstić information content (AvgIpc) is 3.43.